The number of hydrogen-bond donors (Lipinski definition) is 2. The summed E-state index contributed by atoms with van der Waals surface area (Å²) in [4.78, 5) is 51.3. The van der Waals surface area contributed by atoms with E-state index in [1.165, 1.54) is 14.2 Å². The van der Waals surface area contributed by atoms with Crippen LogP contribution in [-0.2, 0) is 31.9 Å². The zero-order chi connectivity index (χ0) is 41.0. The van der Waals surface area contributed by atoms with Gasteiger partial charge in [0.05, 0.1) is 49.6 Å². The van der Waals surface area contributed by atoms with Gasteiger partial charge in [0, 0.05) is 38.8 Å². The van der Waals surface area contributed by atoms with Crippen molar-refractivity contribution >= 4 is 23.8 Å². The predicted octanol–water partition coefficient (Wildman–Crippen LogP) is 5.95. The third kappa shape index (κ3) is 14.2. The Morgan fingerprint density at radius 3 is 1.38 bits per heavy atom. The van der Waals surface area contributed by atoms with Crippen LogP contribution < -0.4 is 0 Å². The highest BCUT2D eigenvalue weighted by Crippen LogP contribution is 2.23. The van der Waals surface area contributed by atoms with Crippen LogP contribution in [0, 0.1) is 35.5 Å². The molecule has 4 rings (SSSR count). The Morgan fingerprint density at radius 2 is 1.05 bits per heavy atom. The fourth-order valence-corrected chi connectivity index (χ4v) is 6.47. The van der Waals surface area contributed by atoms with Crippen molar-refractivity contribution in [2.24, 2.45) is 11.8 Å². The van der Waals surface area contributed by atoms with Crippen LogP contribution in [0.2, 0.25) is 0 Å². The summed E-state index contributed by atoms with van der Waals surface area (Å²) in [7, 11) is 2.72. The molecule has 2 aliphatic heterocycles. The first-order valence-corrected chi connectivity index (χ1v) is 19.4. The Bertz CT molecular complexity index is 1650. The van der Waals surface area contributed by atoms with Crippen molar-refractivity contribution in [1.29, 1.82) is 0 Å². The highest BCUT2D eigenvalue weighted by atomic mass is 16.5. The third-order valence-electron chi connectivity index (χ3n) is 10.2. The Balaban J connectivity index is 0.000000300. The number of carbonyl (C=O) groups is 4. The van der Waals surface area contributed by atoms with Crippen molar-refractivity contribution in [3.8, 4) is 23.7 Å². The quantitative estimate of drug-likeness (QED) is 0.122. The number of esters is 2. The fourth-order valence-electron chi connectivity index (χ4n) is 6.47. The largest absolute Gasteiger partial charge is 0.465 e. The van der Waals surface area contributed by atoms with Crippen LogP contribution in [0.3, 0.4) is 0 Å². The number of methoxy groups -OCH3 is 2. The van der Waals surface area contributed by atoms with E-state index >= 15 is 0 Å². The van der Waals surface area contributed by atoms with Gasteiger partial charge < -0.3 is 29.5 Å². The molecule has 2 aromatic carbocycles. The van der Waals surface area contributed by atoms with Gasteiger partial charge in [-0.3, -0.25) is 9.59 Å². The number of rotatable bonds is 16. The number of carbonyl (C=O) groups excluding carboxylic acids is 4. The maximum absolute atomic E-state index is 12.3. The number of benzene rings is 2. The lowest BCUT2D eigenvalue weighted by Crippen LogP contribution is -2.34. The molecular formula is C46H58N2O8. The number of hydrogen-bond acceptors (Lipinski definition) is 8. The van der Waals surface area contributed by atoms with Gasteiger partial charge in [-0.15, -0.1) is 23.7 Å². The van der Waals surface area contributed by atoms with Gasteiger partial charge >= 0.3 is 11.9 Å². The minimum Gasteiger partial charge on any atom is -0.465 e. The molecule has 2 aliphatic rings. The molecule has 2 fully saturated rings. The lowest BCUT2D eigenvalue weighted by Gasteiger charge is -2.23. The molecule has 0 spiro atoms. The lowest BCUT2D eigenvalue weighted by molar-refractivity contribution is -0.129. The molecule has 0 bridgehead atoms. The highest BCUT2D eigenvalue weighted by Gasteiger charge is 2.30. The molecule has 10 nitrogen and oxygen atoms in total. The third-order valence-corrected chi connectivity index (χ3v) is 10.2. The first-order chi connectivity index (χ1) is 26.9. The number of amides is 2. The minimum absolute atomic E-state index is 0.0148. The van der Waals surface area contributed by atoms with E-state index in [9.17, 15) is 29.4 Å². The first-order valence-electron chi connectivity index (χ1n) is 19.4. The van der Waals surface area contributed by atoms with Crippen molar-refractivity contribution in [3.05, 3.63) is 95.1 Å². The van der Waals surface area contributed by atoms with Crippen molar-refractivity contribution in [1.82, 2.24) is 9.80 Å². The summed E-state index contributed by atoms with van der Waals surface area (Å²) in [6.45, 7) is 8.74. The van der Waals surface area contributed by atoms with Crippen LogP contribution in [-0.4, -0.2) is 95.4 Å². The van der Waals surface area contributed by atoms with E-state index in [1.807, 2.05) is 60.1 Å². The Morgan fingerprint density at radius 1 is 0.696 bits per heavy atom. The molecule has 0 aliphatic carbocycles. The standard InChI is InChI=1S/2C23H29NO4/c2*1-4-5-6-17(2)21(25)13-11-20-12-14-22(26)24(20)16-15-18-7-9-19(10-8-18)23(27)28-3/h2*7-11,13,17,20-21,25H,6,12,14-16H2,1-3H3/b2*13-11+/t17?,20-,21+;17?,20-,21-/m00/s1. The van der Waals surface area contributed by atoms with Crippen LogP contribution in [0.4, 0.5) is 0 Å². The van der Waals surface area contributed by atoms with E-state index in [4.69, 9.17) is 9.47 Å². The second kappa shape index (κ2) is 23.7. The van der Waals surface area contributed by atoms with E-state index in [1.54, 1.807) is 50.3 Å². The average Bonchev–Trinajstić information content (AvgIpc) is 3.77. The van der Waals surface area contributed by atoms with E-state index in [-0.39, 0.29) is 47.7 Å². The van der Waals surface area contributed by atoms with Gasteiger partial charge in [0.15, 0.2) is 0 Å². The van der Waals surface area contributed by atoms with Crippen LogP contribution in [0.25, 0.3) is 0 Å². The van der Waals surface area contributed by atoms with Crippen LogP contribution in [0.5, 0.6) is 0 Å². The maximum Gasteiger partial charge on any atom is 0.337 e. The second-order valence-electron chi connectivity index (χ2n) is 14.2. The zero-order valence-electron chi connectivity index (χ0n) is 33.7. The van der Waals surface area contributed by atoms with Gasteiger partial charge in [0.2, 0.25) is 11.8 Å². The molecule has 10 heteroatoms. The number of aliphatic hydroxyl groups is 2. The number of nitrogens with zero attached hydrogens (tertiary/aromatic N) is 2. The molecular weight excluding hydrogens is 709 g/mol. The molecule has 2 aromatic rings. The van der Waals surface area contributed by atoms with Crippen LogP contribution >= 0.6 is 0 Å². The summed E-state index contributed by atoms with van der Waals surface area (Å²) in [5.74, 6) is 11.3. The second-order valence-corrected chi connectivity index (χ2v) is 14.2. The molecule has 2 heterocycles. The van der Waals surface area contributed by atoms with Gasteiger partial charge in [-0.1, -0.05) is 62.4 Å². The molecule has 300 valence electrons. The molecule has 2 saturated heterocycles. The minimum atomic E-state index is -0.565. The average molecular weight is 767 g/mol. The summed E-state index contributed by atoms with van der Waals surface area (Å²) in [5.41, 5.74) is 3.14. The van der Waals surface area contributed by atoms with Gasteiger partial charge in [-0.25, -0.2) is 9.59 Å². The van der Waals surface area contributed by atoms with Gasteiger partial charge in [-0.05, 0) is 86.8 Å². The Hall–Kier alpha value is -5.16. The summed E-state index contributed by atoms with van der Waals surface area (Å²) >= 11 is 0. The van der Waals surface area contributed by atoms with Gasteiger partial charge in [0.1, 0.15) is 0 Å². The lowest BCUT2D eigenvalue weighted by atomic mass is 10.00. The first kappa shape index (κ1) is 45.2. The van der Waals surface area contributed by atoms with E-state index < -0.39 is 12.2 Å². The molecule has 2 amide bonds. The number of ether oxygens (including phenoxy) is 2. The zero-order valence-corrected chi connectivity index (χ0v) is 33.7. The smallest absolute Gasteiger partial charge is 0.337 e. The summed E-state index contributed by atoms with van der Waals surface area (Å²) in [6, 6.07) is 14.5. The number of likely N-dealkylation sites (tertiary alicyclic amines) is 2. The molecule has 2 unspecified atom stereocenters. The van der Waals surface area contributed by atoms with Gasteiger partial charge in [-0.2, -0.15) is 0 Å². The van der Waals surface area contributed by atoms with Gasteiger partial charge in [0.25, 0.3) is 0 Å². The SMILES string of the molecule is CC#CCC(C)[C@@H](O)/C=C/[C@H]1CCC(=O)N1CCc1ccc(C(=O)OC)cc1.CC#CCC(C)[C@H](O)/C=C/[C@H]1CCC(=O)N1CCc1ccc(C(=O)OC)cc1. The van der Waals surface area contributed by atoms with E-state index in [0.717, 1.165) is 24.0 Å². The maximum atomic E-state index is 12.3. The van der Waals surface area contributed by atoms with Crippen LogP contribution in [0.1, 0.15) is 98.1 Å². The van der Waals surface area contributed by atoms with Crippen molar-refractivity contribution < 1.29 is 38.9 Å². The number of aliphatic hydroxyl groups excluding tert-OH is 2. The molecule has 2 N–H and O–H groups in total. The van der Waals surface area contributed by atoms with E-state index in [0.29, 0.717) is 62.7 Å². The Kier molecular flexibility index (Phi) is 19.1. The summed E-state index contributed by atoms with van der Waals surface area (Å²) < 4.78 is 9.41. The van der Waals surface area contributed by atoms with Crippen molar-refractivity contribution in [3.63, 3.8) is 0 Å². The molecule has 0 aromatic heterocycles. The van der Waals surface area contributed by atoms with Crippen molar-refractivity contribution in [2.45, 2.75) is 103 Å². The van der Waals surface area contributed by atoms with Crippen LogP contribution in [0.15, 0.2) is 72.8 Å². The molecule has 0 radical (unpaired) electrons. The summed E-state index contributed by atoms with van der Waals surface area (Å²) in [6.07, 6.45) is 11.7. The Labute approximate surface area is 332 Å². The molecule has 6 atom stereocenters. The predicted molar refractivity (Wildman–Crippen MR) is 217 cm³/mol. The topological polar surface area (TPSA) is 134 Å². The monoisotopic (exact) mass is 766 g/mol. The normalized spacial score (nSPS) is 18.6. The molecule has 0 saturated carbocycles. The van der Waals surface area contributed by atoms with E-state index in [2.05, 4.69) is 23.7 Å². The highest BCUT2D eigenvalue weighted by molar-refractivity contribution is 5.89. The summed E-state index contributed by atoms with van der Waals surface area (Å²) in [5, 5.41) is 20.5. The molecule has 56 heavy (non-hydrogen) atoms. The fraction of sp³-hybridized carbons (Fsp3) is 0.478. The van der Waals surface area contributed by atoms with Crippen molar-refractivity contribution in [2.75, 3.05) is 27.3 Å².